The predicted octanol–water partition coefficient (Wildman–Crippen LogP) is 2.55. The fourth-order valence-electron chi connectivity index (χ4n) is 2.13. The first-order chi connectivity index (χ1) is 8.55. The van der Waals surface area contributed by atoms with Crippen molar-refractivity contribution in [3.8, 4) is 0 Å². The standard InChI is InChI=1S/C13H17F3N2/c14-13(15,16)11-5-3-10(4-6-11)8-17-9-12-2-1-7-18-12/h3-6,12,17-18H,1-2,7-9H2. The molecule has 18 heavy (non-hydrogen) atoms. The minimum atomic E-state index is -4.25. The average Bonchev–Trinajstić information content (AvgIpc) is 2.82. The second-order valence-electron chi connectivity index (χ2n) is 4.62. The molecule has 1 unspecified atom stereocenters. The molecule has 5 heteroatoms. The lowest BCUT2D eigenvalue weighted by atomic mass is 10.1. The zero-order valence-corrected chi connectivity index (χ0v) is 10.1. The summed E-state index contributed by atoms with van der Waals surface area (Å²) in [6, 6.07) is 5.81. The van der Waals surface area contributed by atoms with E-state index in [1.807, 2.05) is 0 Å². The Hall–Kier alpha value is -1.07. The van der Waals surface area contributed by atoms with Crippen LogP contribution >= 0.6 is 0 Å². The minimum absolute atomic E-state index is 0.499. The summed E-state index contributed by atoms with van der Waals surface area (Å²) in [5.41, 5.74) is 0.282. The van der Waals surface area contributed by atoms with Crippen LogP contribution in [0.5, 0.6) is 0 Å². The second kappa shape index (κ2) is 5.71. The van der Waals surface area contributed by atoms with Gasteiger partial charge in [0, 0.05) is 19.1 Å². The van der Waals surface area contributed by atoms with E-state index in [4.69, 9.17) is 0 Å². The Morgan fingerprint density at radius 1 is 1.22 bits per heavy atom. The van der Waals surface area contributed by atoms with Crippen LogP contribution in [0.1, 0.15) is 24.0 Å². The predicted molar refractivity (Wildman–Crippen MR) is 64.2 cm³/mol. The molecule has 1 aromatic carbocycles. The van der Waals surface area contributed by atoms with Crippen LogP contribution in [-0.2, 0) is 12.7 Å². The third kappa shape index (κ3) is 3.71. The van der Waals surface area contributed by atoms with Crippen molar-refractivity contribution in [3.63, 3.8) is 0 Å². The van der Waals surface area contributed by atoms with Gasteiger partial charge in [0.25, 0.3) is 0 Å². The van der Waals surface area contributed by atoms with Crippen LogP contribution in [-0.4, -0.2) is 19.1 Å². The van der Waals surface area contributed by atoms with Crippen LogP contribution in [0.4, 0.5) is 13.2 Å². The SMILES string of the molecule is FC(F)(F)c1ccc(CNCC2CCCN2)cc1. The molecule has 1 aliphatic rings. The molecule has 1 heterocycles. The van der Waals surface area contributed by atoms with E-state index in [2.05, 4.69) is 10.6 Å². The molecule has 0 aromatic heterocycles. The lowest BCUT2D eigenvalue weighted by Crippen LogP contribution is -2.33. The van der Waals surface area contributed by atoms with Gasteiger partial charge in [0.2, 0.25) is 0 Å². The lowest BCUT2D eigenvalue weighted by molar-refractivity contribution is -0.137. The summed E-state index contributed by atoms with van der Waals surface area (Å²) in [6.07, 6.45) is -1.88. The first kappa shape index (κ1) is 13.4. The van der Waals surface area contributed by atoms with Gasteiger partial charge < -0.3 is 10.6 Å². The molecule has 2 rings (SSSR count). The van der Waals surface area contributed by atoms with Crippen molar-refractivity contribution < 1.29 is 13.2 Å². The van der Waals surface area contributed by atoms with Gasteiger partial charge in [-0.15, -0.1) is 0 Å². The van der Waals surface area contributed by atoms with Crippen molar-refractivity contribution in [1.82, 2.24) is 10.6 Å². The van der Waals surface area contributed by atoms with Crippen LogP contribution in [0.3, 0.4) is 0 Å². The number of nitrogens with one attached hydrogen (secondary N) is 2. The van der Waals surface area contributed by atoms with Gasteiger partial charge in [-0.1, -0.05) is 12.1 Å². The zero-order chi connectivity index (χ0) is 13.0. The summed E-state index contributed by atoms with van der Waals surface area (Å²) in [4.78, 5) is 0. The average molecular weight is 258 g/mol. The van der Waals surface area contributed by atoms with Crippen LogP contribution in [0.2, 0.25) is 0 Å². The Morgan fingerprint density at radius 2 is 1.94 bits per heavy atom. The molecule has 0 radical (unpaired) electrons. The molecule has 1 aromatic rings. The Kier molecular flexibility index (Phi) is 4.24. The van der Waals surface area contributed by atoms with Gasteiger partial charge in [0.15, 0.2) is 0 Å². The summed E-state index contributed by atoms with van der Waals surface area (Å²) in [6.45, 7) is 2.53. The summed E-state index contributed by atoms with van der Waals surface area (Å²) in [5.74, 6) is 0. The van der Waals surface area contributed by atoms with E-state index in [0.717, 1.165) is 30.8 Å². The first-order valence-electron chi connectivity index (χ1n) is 6.16. The Labute approximate surface area is 105 Å². The number of rotatable bonds is 4. The molecule has 1 atom stereocenters. The lowest BCUT2D eigenvalue weighted by Gasteiger charge is -2.12. The van der Waals surface area contributed by atoms with Crippen molar-refractivity contribution in [2.24, 2.45) is 0 Å². The van der Waals surface area contributed by atoms with E-state index in [-0.39, 0.29) is 0 Å². The quantitative estimate of drug-likeness (QED) is 0.867. The topological polar surface area (TPSA) is 24.1 Å². The van der Waals surface area contributed by atoms with Gasteiger partial charge in [-0.2, -0.15) is 13.2 Å². The molecule has 0 spiro atoms. The summed E-state index contributed by atoms with van der Waals surface area (Å²) < 4.78 is 37.1. The molecule has 2 nitrogen and oxygen atoms in total. The molecule has 1 saturated heterocycles. The number of alkyl halides is 3. The van der Waals surface area contributed by atoms with Crippen molar-refractivity contribution in [2.75, 3.05) is 13.1 Å². The number of benzene rings is 1. The highest BCUT2D eigenvalue weighted by atomic mass is 19.4. The van der Waals surface area contributed by atoms with Gasteiger partial charge in [-0.05, 0) is 37.1 Å². The monoisotopic (exact) mass is 258 g/mol. The molecule has 2 N–H and O–H groups in total. The number of hydrogen-bond donors (Lipinski definition) is 2. The molecule has 1 aliphatic heterocycles. The van der Waals surface area contributed by atoms with Crippen LogP contribution < -0.4 is 10.6 Å². The zero-order valence-electron chi connectivity index (χ0n) is 10.1. The van der Waals surface area contributed by atoms with Gasteiger partial charge in [0.1, 0.15) is 0 Å². The minimum Gasteiger partial charge on any atom is -0.313 e. The summed E-state index contributed by atoms with van der Waals surface area (Å²) >= 11 is 0. The van der Waals surface area contributed by atoms with Gasteiger partial charge in [-0.3, -0.25) is 0 Å². The van der Waals surface area contributed by atoms with E-state index in [9.17, 15) is 13.2 Å². The van der Waals surface area contributed by atoms with E-state index in [1.54, 1.807) is 0 Å². The third-order valence-electron chi connectivity index (χ3n) is 3.16. The highest BCUT2D eigenvalue weighted by Gasteiger charge is 2.29. The molecule has 1 fully saturated rings. The van der Waals surface area contributed by atoms with E-state index in [0.29, 0.717) is 12.6 Å². The van der Waals surface area contributed by atoms with Gasteiger partial charge >= 0.3 is 6.18 Å². The molecule has 0 bridgehead atoms. The normalized spacial score (nSPS) is 20.3. The smallest absolute Gasteiger partial charge is 0.313 e. The Balaban J connectivity index is 1.79. The summed E-state index contributed by atoms with van der Waals surface area (Å²) in [5, 5.41) is 6.62. The van der Waals surface area contributed by atoms with E-state index < -0.39 is 11.7 Å². The van der Waals surface area contributed by atoms with Crippen molar-refractivity contribution in [3.05, 3.63) is 35.4 Å². The van der Waals surface area contributed by atoms with Crippen LogP contribution in [0.15, 0.2) is 24.3 Å². The van der Waals surface area contributed by atoms with E-state index in [1.165, 1.54) is 25.0 Å². The number of hydrogen-bond acceptors (Lipinski definition) is 2. The van der Waals surface area contributed by atoms with Gasteiger partial charge in [0.05, 0.1) is 5.56 Å². The fourth-order valence-corrected chi connectivity index (χ4v) is 2.13. The van der Waals surface area contributed by atoms with Crippen molar-refractivity contribution >= 4 is 0 Å². The molecular formula is C13H17F3N2. The maximum Gasteiger partial charge on any atom is 0.416 e. The van der Waals surface area contributed by atoms with Gasteiger partial charge in [-0.25, -0.2) is 0 Å². The maximum atomic E-state index is 12.4. The van der Waals surface area contributed by atoms with Crippen molar-refractivity contribution in [1.29, 1.82) is 0 Å². The Morgan fingerprint density at radius 3 is 2.50 bits per heavy atom. The molecule has 0 aliphatic carbocycles. The highest BCUT2D eigenvalue weighted by molar-refractivity contribution is 5.24. The second-order valence-corrected chi connectivity index (χ2v) is 4.62. The Bertz CT molecular complexity index is 367. The molecule has 0 amide bonds. The number of halogens is 3. The highest BCUT2D eigenvalue weighted by Crippen LogP contribution is 2.28. The van der Waals surface area contributed by atoms with Crippen LogP contribution in [0.25, 0.3) is 0 Å². The van der Waals surface area contributed by atoms with E-state index >= 15 is 0 Å². The third-order valence-corrected chi connectivity index (χ3v) is 3.16. The summed E-state index contributed by atoms with van der Waals surface area (Å²) in [7, 11) is 0. The first-order valence-corrected chi connectivity index (χ1v) is 6.16. The molecular weight excluding hydrogens is 241 g/mol. The van der Waals surface area contributed by atoms with Crippen LogP contribution in [0, 0.1) is 0 Å². The maximum absolute atomic E-state index is 12.4. The fraction of sp³-hybridized carbons (Fsp3) is 0.538. The molecule has 0 saturated carbocycles. The largest absolute Gasteiger partial charge is 0.416 e. The van der Waals surface area contributed by atoms with Crippen molar-refractivity contribution in [2.45, 2.75) is 31.6 Å². The molecule has 100 valence electrons.